The summed E-state index contributed by atoms with van der Waals surface area (Å²) in [6, 6.07) is 9.32. The van der Waals surface area contributed by atoms with Gasteiger partial charge in [0, 0.05) is 10.2 Å². The molecular formula is C14H11BrFN3. The van der Waals surface area contributed by atoms with E-state index in [0.29, 0.717) is 16.7 Å². The van der Waals surface area contributed by atoms with Crippen molar-refractivity contribution < 1.29 is 4.39 Å². The van der Waals surface area contributed by atoms with Gasteiger partial charge in [0.15, 0.2) is 5.82 Å². The van der Waals surface area contributed by atoms with Crippen LogP contribution in [0.3, 0.4) is 0 Å². The van der Waals surface area contributed by atoms with Gasteiger partial charge < -0.3 is 10.3 Å². The van der Waals surface area contributed by atoms with Crippen molar-refractivity contribution in [2.75, 3.05) is 5.32 Å². The molecule has 0 fully saturated rings. The molecule has 0 saturated heterocycles. The number of halogens is 2. The minimum atomic E-state index is -0.346. The molecule has 5 heteroatoms. The molecule has 3 aromatic rings. The zero-order chi connectivity index (χ0) is 13.4. The van der Waals surface area contributed by atoms with Gasteiger partial charge in [0.2, 0.25) is 0 Å². The maximum Gasteiger partial charge on any atom is 0.174 e. The number of aromatic amines is 1. The molecule has 0 saturated carbocycles. The van der Waals surface area contributed by atoms with Crippen molar-refractivity contribution in [3.05, 3.63) is 52.5 Å². The molecule has 0 spiro atoms. The van der Waals surface area contributed by atoms with Crippen molar-refractivity contribution in [2.24, 2.45) is 0 Å². The number of rotatable bonds is 2. The first-order valence-electron chi connectivity index (χ1n) is 5.80. The Hall–Kier alpha value is -1.88. The molecule has 0 aliphatic carbocycles. The van der Waals surface area contributed by atoms with Crippen LogP contribution in [-0.4, -0.2) is 9.97 Å². The second-order valence-corrected chi connectivity index (χ2v) is 5.23. The summed E-state index contributed by atoms with van der Waals surface area (Å²) in [6.07, 6.45) is 1.49. The molecule has 0 amide bonds. The van der Waals surface area contributed by atoms with E-state index in [9.17, 15) is 4.39 Å². The van der Waals surface area contributed by atoms with Crippen LogP contribution < -0.4 is 5.32 Å². The normalized spacial score (nSPS) is 10.9. The molecule has 3 rings (SSSR count). The van der Waals surface area contributed by atoms with E-state index in [1.165, 1.54) is 6.33 Å². The summed E-state index contributed by atoms with van der Waals surface area (Å²) in [7, 11) is 0. The molecule has 0 bridgehead atoms. The molecule has 0 aliphatic rings. The highest BCUT2D eigenvalue weighted by atomic mass is 79.9. The summed E-state index contributed by atoms with van der Waals surface area (Å²) in [4.78, 5) is 6.86. The fraction of sp³-hybridized carbons (Fsp3) is 0.0714. The molecule has 1 heterocycles. The third-order valence-corrected chi connectivity index (χ3v) is 3.48. The second kappa shape index (κ2) is 4.66. The third-order valence-electron chi connectivity index (χ3n) is 2.99. The fourth-order valence-electron chi connectivity index (χ4n) is 1.98. The predicted octanol–water partition coefficient (Wildman–Crippen LogP) is 4.52. The minimum Gasteiger partial charge on any atom is -0.353 e. The van der Waals surface area contributed by atoms with Crippen LogP contribution in [-0.2, 0) is 0 Å². The molecule has 0 aliphatic heterocycles. The highest BCUT2D eigenvalue weighted by molar-refractivity contribution is 9.10. The van der Waals surface area contributed by atoms with Crippen LogP contribution in [0.4, 0.5) is 15.8 Å². The van der Waals surface area contributed by atoms with E-state index in [1.54, 1.807) is 6.07 Å². The fourth-order valence-corrected chi connectivity index (χ4v) is 2.46. The summed E-state index contributed by atoms with van der Waals surface area (Å²) < 4.78 is 15.2. The van der Waals surface area contributed by atoms with Gasteiger partial charge in [0.25, 0.3) is 0 Å². The first-order valence-corrected chi connectivity index (χ1v) is 6.59. The Balaban J connectivity index is 2.03. The summed E-state index contributed by atoms with van der Waals surface area (Å²) in [5, 5.41) is 3.10. The number of hydrogen-bond donors (Lipinski definition) is 2. The topological polar surface area (TPSA) is 40.7 Å². The van der Waals surface area contributed by atoms with Crippen LogP contribution in [0.5, 0.6) is 0 Å². The smallest absolute Gasteiger partial charge is 0.174 e. The number of anilines is 2. The van der Waals surface area contributed by atoms with Gasteiger partial charge in [-0.2, -0.15) is 0 Å². The van der Waals surface area contributed by atoms with Crippen molar-refractivity contribution in [3.63, 3.8) is 0 Å². The monoisotopic (exact) mass is 319 g/mol. The van der Waals surface area contributed by atoms with Crippen molar-refractivity contribution in [1.29, 1.82) is 0 Å². The Morgan fingerprint density at radius 2 is 2.00 bits per heavy atom. The molecule has 0 radical (unpaired) electrons. The number of H-pyrrole nitrogens is 1. The number of imidazole rings is 1. The Morgan fingerprint density at radius 3 is 2.79 bits per heavy atom. The van der Waals surface area contributed by atoms with Crippen LogP contribution in [0.25, 0.3) is 11.0 Å². The van der Waals surface area contributed by atoms with Crippen LogP contribution in [0.2, 0.25) is 0 Å². The zero-order valence-electron chi connectivity index (χ0n) is 10.2. The number of benzene rings is 2. The molecule has 96 valence electrons. The highest BCUT2D eigenvalue weighted by Crippen LogP contribution is 2.28. The van der Waals surface area contributed by atoms with Gasteiger partial charge >= 0.3 is 0 Å². The molecule has 0 atom stereocenters. The quantitative estimate of drug-likeness (QED) is 0.729. The van der Waals surface area contributed by atoms with Crippen LogP contribution >= 0.6 is 15.9 Å². The molecule has 3 nitrogen and oxygen atoms in total. The Labute approximate surface area is 118 Å². The minimum absolute atomic E-state index is 0.346. The van der Waals surface area contributed by atoms with Crippen LogP contribution in [0.1, 0.15) is 5.56 Å². The van der Waals surface area contributed by atoms with Gasteiger partial charge in [0.1, 0.15) is 5.52 Å². The molecule has 19 heavy (non-hydrogen) atoms. The zero-order valence-corrected chi connectivity index (χ0v) is 11.8. The lowest BCUT2D eigenvalue weighted by atomic mass is 10.2. The van der Waals surface area contributed by atoms with E-state index in [0.717, 1.165) is 15.7 Å². The van der Waals surface area contributed by atoms with Gasteiger partial charge in [-0.1, -0.05) is 15.9 Å². The first kappa shape index (κ1) is 12.2. The van der Waals surface area contributed by atoms with Gasteiger partial charge in [-0.15, -0.1) is 0 Å². The molecule has 2 aromatic carbocycles. The first-order chi connectivity index (χ1) is 9.15. The van der Waals surface area contributed by atoms with E-state index in [-0.39, 0.29) is 5.82 Å². The van der Waals surface area contributed by atoms with E-state index in [4.69, 9.17) is 0 Å². The number of hydrogen-bond acceptors (Lipinski definition) is 2. The van der Waals surface area contributed by atoms with Gasteiger partial charge in [-0.05, 0) is 42.8 Å². The van der Waals surface area contributed by atoms with E-state index in [2.05, 4.69) is 31.2 Å². The maximum atomic E-state index is 14.2. The van der Waals surface area contributed by atoms with Gasteiger partial charge in [-0.3, -0.25) is 0 Å². The number of aryl methyl sites for hydroxylation is 1. The summed E-state index contributed by atoms with van der Waals surface area (Å²) in [5.41, 5.74) is 3.37. The Morgan fingerprint density at radius 1 is 1.21 bits per heavy atom. The largest absolute Gasteiger partial charge is 0.353 e. The number of nitrogens with one attached hydrogen (secondary N) is 2. The molecule has 2 N–H and O–H groups in total. The number of aromatic nitrogens is 2. The standard InChI is InChI=1S/C14H11BrFN3/c1-8-6-9(15)2-3-10(8)19-11-4-5-12-14(13(11)16)18-7-17-12/h2-7,19H,1H3,(H,17,18). The Kier molecular flexibility index (Phi) is 2.98. The SMILES string of the molecule is Cc1cc(Br)ccc1Nc1ccc2[nH]cnc2c1F. The lowest BCUT2D eigenvalue weighted by Crippen LogP contribution is -1.96. The highest BCUT2D eigenvalue weighted by Gasteiger charge is 2.10. The van der Waals surface area contributed by atoms with Gasteiger partial charge in [0.05, 0.1) is 17.5 Å². The van der Waals surface area contributed by atoms with E-state index < -0.39 is 0 Å². The lowest BCUT2D eigenvalue weighted by Gasteiger charge is -2.11. The lowest BCUT2D eigenvalue weighted by molar-refractivity contribution is 0.641. The van der Waals surface area contributed by atoms with Crippen LogP contribution in [0.15, 0.2) is 41.1 Å². The van der Waals surface area contributed by atoms with Crippen molar-refractivity contribution in [1.82, 2.24) is 9.97 Å². The van der Waals surface area contributed by atoms with Crippen LogP contribution in [0, 0.1) is 12.7 Å². The maximum absolute atomic E-state index is 14.2. The molecular weight excluding hydrogens is 309 g/mol. The van der Waals surface area contributed by atoms with E-state index >= 15 is 0 Å². The second-order valence-electron chi connectivity index (χ2n) is 4.31. The molecule has 0 unspecified atom stereocenters. The van der Waals surface area contributed by atoms with E-state index in [1.807, 2.05) is 31.2 Å². The van der Waals surface area contributed by atoms with Crippen molar-refractivity contribution in [3.8, 4) is 0 Å². The summed E-state index contributed by atoms with van der Waals surface area (Å²) >= 11 is 3.41. The summed E-state index contributed by atoms with van der Waals surface area (Å²) in [6.45, 7) is 1.97. The Bertz CT molecular complexity index is 752. The average Bonchev–Trinajstić information content (AvgIpc) is 2.85. The predicted molar refractivity (Wildman–Crippen MR) is 78.2 cm³/mol. The van der Waals surface area contributed by atoms with Crippen molar-refractivity contribution in [2.45, 2.75) is 6.92 Å². The molecule has 1 aromatic heterocycles. The van der Waals surface area contributed by atoms with Gasteiger partial charge in [-0.25, -0.2) is 9.37 Å². The number of fused-ring (bicyclic) bond motifs is 1. The van der Waals surface area contributed by atoms with Crippen molar-refractivity contribution >= 4 is 38.3 Å². The third kappa shape index (κ3) is 2.21. The number of nitrogens with zero attached hydrogens (tertiary/aromatic N) is 1. The summed E-state index contributed by atoms with van der Waals surface area (Å²) in [5.74, 6) is -0.346. The average molecular weight is 320 g/mol.